The molecular weight excluding hydrogens is 198 g/mol. The number of nitrogens with one attached hydrogen (secondary N) is 1. The Kier molecular flexibility index (Phi) is 8.07. The number of hydrogen-bond donors (Lipinski definition) is 1. The summed E-state index contributed by atoms with van der Waals surface area (Å²) in [6.45, 7) is 5.05. The van der Waals surface area contributed by atoms with Crippen LogP contribution in [0.2, 0.25) is 0 Å². The van der Waals surface area contributed by atoms with Gasteiger partial charge in [-0.25, -0.2) is 4.79 Å². The number of hydrogen-bond acceptors (Lipinski definition) is 4. The molecule has 0 aliphatic heterocycles. The molecule has 1 amide bonds. The van der Waals surface area contributed by atoms with Crippen LogP contribution in [0.3, 0.4) is 0 Å². The molecule has 0 bridgehead atoms. The topological polar surface area (TPSA) is 64.6 Å². The predicted molar refractivity (Wildman–Crippen MR) is 56.1 cm³/mol. The maximum atomic E-state index is 10.9. The summed E-state index contributed by atoms with van der Waals surface area (Å²) in [6.07, 6.45) is 7.37. The summed E-state index contributed by atoms with van der Waals surface area (Å²) >= 11 is 0. The third kappa shape index (κ3) is 12.3. The van der Waals surface area contributed by atoms with Gasteiger partial charge in [0.05, 0.1) is 7.11 Å². The van der Waals surface area contributed by atoms with Crippen LogP contribution in [-0.2, 0) is 14.3 Å². The Hall–Kier alpha value is -1.70. The fraction of sp³-hybridized carbons (Fsp3) is 0.600. The zero-order valence-corrected chi connectivity index (χ0v) is 9.49. The zero-order chi connectivity index (χ0) is 12.5. The lowest BCUT2D eigenvalue weighted by molar-refractivity contribution is -0.139. The Morgan fingerprint density at radius 3 is 2.07 bits per heavy atom. The summed E-state index contributed by atoms with van der Waals surface area (Å²) in [4.78, 5) is 21.5. The largest absolute Gasteiger partial charge is 0.468 e. The number of rotatable bonds is 2. The van der Waals surface area contributed by atoms with E-state index in [0.29, 0.717) is 0 Å². The van der Waals surface area contributed by atoms with Crippen molar-refractivity contribution in [3.8, 4) is 12.8 Å². The predicted octanol–water partition coefficient (Wildman–Crippen LogP) is 0.933. The molecule has 86 valence electrons. The van der Waals surface area contributed by atoms with Crippen LogP contribution in [-0.4, -0.2) is 31.3 Å². The minimum atomic E-state index is -0.627. The molecule has 0 unspecified atom stereocenters. The maximum Gasteiger partial charge on any atom is 0.408 e. The first-order valence-corrected chi connectivity index (χ1v) is 4.22. The molecule has 15 heavy (non-hydrogen) atoms. The number of ether oxygens (including phenoxy) is 2. The van der Waals surface area contributed by atoms with Gasteiger partial charge in [-0.05, 0) is 20.8 Å². The van der Waals surface area contributed by atoms with Crippen LogP contribution in [0.15, 0.2) is 0 Å². The summed E-state index contributed by atoms with van der Waals surface area (Å²) in [5.74, 6) is -0.508. The second kappa shape index (κ2) is 7.68. The molecule has 0 heterocycles. The molecular formula is C10H17NO4. The molecule has 0 aromatic rings. The van der Waals surface area contributed by atoms with Gasteiger partial charge in [-0.15, -0.1) is 12.8 Å². The highest BCUT2D eigenvalue weighted by atomic mass is 16.6. The van der Waals surface area contributed by atoms with Gasteiger partial charge in [0.1, 0.15) is 12.1 Å². The molecule has 5 nitrogen and oxygen atoms in total. The highest BCUT2D eigenvalue weighted by Crippen LogP contribution is 2.05. The van der Waals surface area contributed by atoms with Gasteiger partial charge in [0.2, 0.25) is 0 Å². The molecule has 0 aromatic carbocycles. The summed E-state index contributed by atoms with van der Waals surface area (Å²) < 4.78 is 9.20. The van der Waals surface area contributed by atoms with E-state index in [1.807, 2.05) is 0 Å². The molecule has 0 radical (unpaired) electrons. The van der Waals surface area contributed by atoms with E-state index >= 15 is 0 Å². The van der Waals surface area contributed by atoms with E-state index in [1.165, 1.54) is 7.11 Å². The second-order valence-electron chi connectivity index (χ2n) is 3.43. The van der Waals surface area contributed by atoms with Gasteiger partial charge < -0.3 is 14.8 Å². The van der Waals surface area contributed by atoms with E-state index in [-0.39, 0.29) is 6.54 Å². The minimum absolute atomic E-state index is 0.175. The molecule has 0 saturated carbocycles. The molecule has 0 fully saturated rings. The number of carbonyl (C=O) groups is 2. The van der Waals surface area contributed by atoms with Crippen molar-refractivity contribution in [3.05, 3.63) is 0 Å². The summed E-state index contributed by atoms with van der Waals surface area (Å²) in [5, 5.41) is 2.25. The van der Waals surface area contributed by atoms with Crippen LogP contribution in [0.1, 0.15) is 20.8 Å². The Morgan fingerprint density at radius 1 is 1.27 bits per heavy atom. The Morgan fingerprint density at radius 2 is 1.73 bits per heavy atom. The van der Waals surface area contributed by atoms with Crippen molar-refractivity contribution in [1.29, 1.82) is 0 Å². The van der Waals surface area contributed by atoms with Gasteiger partial charge in [-0.1, -0.05) is 0 Å². The first kappa shape index (κ1) is 15.8. The first-order valence-electron chi connectivity index (χ1n) is 4.22. The van der Waals surface area contributed by atoms with E-state index in [2.05, 4.69) is 22.9 Å². The van der Waals surface area contributed by atoms with Crippen molar-refractivity contribution in [2.24, 2.45) is 0 Å². The third-order valence-electron chi connectivity index (χ3n) is 1.00. The fourth-order valence-corrected chi connectivity index (χ4v) is 0.531. The van der Waals surface area contributed by atoms with Crippen molar-refractivity contribution < 1.29 is 19.1 Å². The van der Waals surface area contributed by atoms with Gasteiger partial charge in [0.25, 0.3) is 0 Å². The molecule has 5 heteroatoms. The van der Waals surface area contributed by atoms with Crippen molar-refractivity contribution in [2.75, 3.05) is 13.7 Å². The van der Waals surface area contributed by atoms with Gasteiger partial charge in [0, 0.05) is 0 Å². The highest BCUT2D eigenvalue weighted by molar-refractivity contribution is 5.77. The lowest BCUT2D eigenvalue weighted by atomic mass is 10.2. The fourth-order valence-electron chi connectivity index (χ4n) is 0.531. The zero-order valence-electron chi connectivity index (χ0n) is 9.49. The lowest BCUT2D eigenvalue weighted by Gasteiger charge is -2.19. The van der Waals surface area contributed by atoms with E-state index < -0.39 is 17.7 Å². The minimum Gasteiger partial charge on any atom is -0.468 e. The molecule has 0 rings (SSSR count). The number of esters is 1. The Labute approximate surface area is 90.1 Å². The monoisotopic (exact) mass is 215 g/mol. The van der Waals surface area contributed by atoms with Crippen molar-refractivity contribution in [3.63, 3.8) is 0 Å². The van der Waals surface area contributed by atoms with Crippen molar-refractivity contribution >= 4 is 12.1 Å². The highest BCUT2D eigenvalue weighted by Gasteiger charge is 2.16. The van der Waals surface area contributed by atoms with Crippen LogP contribution in [0, 0.1) is 12.8 Å². The average Bonchev–Trinajstić information content (AvgIpc) is 2.14. The van der Waals surface area contributed by atoms with E-state index in [9.17, 15) is 9.59 Å². The van der Waals surface area contributed by atoms with Crippen LogP contribution in [0.25, 0.3) is 0 Å². The van der Waals surface area contributed by atoms with Crippen molar-refractivity contribution in [2.45, 2.75) is 26.4 Å². The molecule has 0 aliphatic carbocycles. The molecule has 0 aromatic heterocycles. The standard InChI is InChI=1S/C8H15NO4.C2H2/c1-8(2,3)13-7(11)9-5-6(10)12-4;1-2/h5H2,1-4H3,(H,9,11);1-2H. The second-order valence-corrected chi connectivity index (χ2v) is 3.43. The van der Waals surface area contributed by atoms with Crippen LogP contribution >= 0.6 is 0 Å². The molecule has 0 aliphatic rings. The van der Waals surface area contributed by atoms with Crippen LogP contribution in [0.5, 0.6) is 0 Å². The quantitative estimate of drug-likeness (QED) is 0.550. The molecule has 1 N–H and O–H groups in total. The molecule has 0 spiro atoms. The lowest BCUT2D eigenvalue weighted by Crippen LogP contribution is -2.35. The van der Waals surface area contributed by atoms with Crippen LogP contribution < -0.4 is 5.32 Å². The van der Waals surface area contributed by atoms with E-state index in [0.717, 1.165) is 0 Å². The first-order chi connectivity index (χ1) is 6.85. The molecule has 0 atom stereocenters. The SMILES string of the molecule is C#C.COC(=O)CNC(=O)OC(C)(C)C. The summed E-state index contributed by atoms with van der Waals surface area (Å²) in [5.41, 5.74) is -0.555. The van der Waals surface area contributed by atoms with E-state index in [4.69, 9.17) is 4.74 Å². The maximum absolute atomic E-state index is 10.9. The Bertz CT molecular complexity index is 227. The number of methoxy groups -OCH3 is 1. The molecule has 0 saturated heterocycles. The smallest absolute Gasteiger partial charge is 0.408 e. The number of alkyl carbamates (subject to hydrolysis) is 1. The number of amides is 1. The Balaban J connectivity index is 0. The van der Waals surface area contributed by atoms with Crippen LogP contribution in [0.4, 0.5) is 4.79 Å². The summed E-state index contributed by atoms with van der Waals surface area (Å²) in [6, 6.07) is 0. The van der Waals surface area contributed by atoms with Gasteiger partial charge in [-0.2, -0.15) is 0 Å². The third-order valence-corrected chi connectivity index (χ3v) is 1.00. The van der Waals surface area contributed by atoms with Gasteiger partial charge >= 0.3 is 12.1 Å². The van der Waals surface area contributed by atoms with Gasteiger partial charge in [0.15, 0.2) is 0 Å². The number of terminal acetylenes is 1. The van der Waals surface area contributed by atoms with Crippen molar-refractivity contribution in [1.82, 2.24) is 5.32 Å². The van der Waals surface area contributed by atoms with Gasteiger partial charge in [-0.3, -0.25) is 4.79 Å². The average molecular weight is 215 g/mol. The van der Waals surface area contributed by atoms with E-state index in [1.54, 1.807) is 20.8 Å². The normalized spacial score (nSPS) is 9.20. The number of carbonyl (C=O) groups excluding carboxylic acids is 2. The summed E-state index contributed by atoms with van der Waals surface area (Å²) in [7, 11) is 1.25.